The van der Waals surface area contributed by atoms with Crippen molar-refractivity contribution in [2.24, 2.45) is 0 Å². The van der Waals surface area contributed by atoms with Crippen molar-refractivity contribution >= 4 is 29.2 Å². The summed E-state index contributed by atoms with van der Waals surface area (Å²) in [6, 6.07) is 2.34. The molecule has 1 aromatic carbocycles. The molecule has 0 spiro atoms. The van der Waals surface area contributed by atoms with Gasteiger partial charge in [-0.25, -0.2) is 0 Å². The first-order valence-electron chi connectivity index (χ1n) is 5.78. The molecule has 4 N–H and O–H groups in total. The summed E-state index contributed by atoms with van der Waals surface area (Å²) < 4.78 is 4.89. The molecule has 0 heterocycles. The van der Waals surface area contributed by atoms with E-state index in [4.69, 9.17) is 17.0 Å². The first kappa shape index (κ1) is 16.4. The number of hydrazone groups is 1. The predicted octanol–water partition coefficient (Wildman–Crippen LogP) is -0.626. The number of aromatic hydroxyl groups is 1. The van der Waals surface area contributed by atoms with Crippen LogP contribution in [0.25, 0.3) is 0 Å². The number of nitro benzene ring substituents is 1. The Bertz CT molecular complexity index is 589. The monoisotopic (exact) mass is 311 g/mol. The average Bonchev–Trinajstić information content (AvgIpc) is 2.46. The average molecular weight is 311 g/mol. The quantitative estimate of drug-likeness (QED) is 0.182. The standard InChI is InChI=1S/C12H14N4O4S/c1-3-4-13-12(21)15-14-7-8-5-9(16(18)19)6-10(20-2)11(8)17/h3,5-7,17H,1,4H2,2H3,(H2,13,15,21)/p+1/b14-7+. The third-order valence-electron chi connectivity index (χ3n) is 2.34. The molecule has 0 radical (unpaired) electrons. The van der Waals surface area contributed by atoms with Crippen LogP contribution in [0.5, 0.6) is 11.5 Å². The highest BCUT2D eigenvalue weighted by Crippen LogP contribution is 2.32. The van der Waals surface area contributed by atoms with Gasteiger partial charge in [-0.1, -0.05) is 6.08 Å². The van der Waals surface area contributed by atoms with Crippen LogP contribution in [0.3, 0.4) is 0 Å². The fourth-order valence-corrected chi connectivity index (χ4v) is 1.52. The van der Waals surface area contributed by atoms with Gasteiger partial charge in [0.2, 0.25) is 11.3 Å². The van der Waals surface area contributed by atoms with Gasteiger partial charge in [-0.05, 0) is 12.2 Å². The Balaban J connectivity index is 2.91. The molecule has 0 saturated carbocycles. The van der Waals surface area contributed by atoms with Crippen LogP contribution < -0.4 is 20.6 Å². The van der Waals surface area contributed by atoms with Gasteiger partial charge in [0.05, 0.1) is 23.7 Å². The first-order chi connectivity index (χ1) is 9.99. The largest absolute Gasteiger partial charge is 0.504 e. The van der Waals surface area contributed by atoms with E-state index in [2.05, 4.69) is 22.4 Å². The van der Waals surface area contributed by atoms with Gasteiger partial charge in [-0.15, -0.1) is 17.1 Å². The van der Waals surface area contributed by atoms with E-state index in [1.165, 1.54) is 19.4 Å². The first-order valence-corrected chi connectivity index (χ1v) is 6.19. The fourth-order valence-electron chi connectivity index (χ4n) is 1.37. The zero-order valence-electron chi connectivity index (χ0n) is 11.3. The van der Waals surface area contributed by atoms with Gasteiger partial charge in [-0.3, -0.25) is 10.1 Å². The van der Waals surface area contributed by atoms with Gasteiger partial charge in [0.1, 0.15) is 0 Å². The lowest BCUT2D eigenvalue weighted by atomic mass is 10.2. The summed E-state index contributed by atoms with van der Waals surface area (Å²) in [6.07, 6.45) is 2.96. The van der Waals surface area contributed by atoms with Crippen molar-refractivity contribution in [3.8, 4) is 11.5 Å². The lowest BCUT2D eigenvalue weighted by molar-refractivity contribution is -0.500. The molecule has 8 nitrogen and oxygen atoms in total. The van der Waals surface area contributed by atoms with Crippen molar-refractivity contribution in [3.05, 3.63) is 40.5 Å². The molecule has 0 aromatic heterocycles. The number of methoxy groups -OCH3 is 1. The molecule has 0 aliphatic rings. The van der Waals surface area contributed by atoms with Gasteiger partial charge in [0.15, 0.2) is 11.5 Å². The second-order valence-corrected chi connectivity index (χ2v) is 4.16. The summed E-state index contributed by atoms with van der Waals surface area (Å²) >= 11 is 4.94. The molecule has 0 unspecified atom stereocenters. The summed E-state index contributed by atoms with van der Waals surface area (Å²) in [6.45, 7) is 4.02. The van der Waals surface area contributed by atoms with Crippen molar-refractivity contribution in [1.82, 2.24) is 10.7 Å². The number of phenolic OH excluding ortho intramolecular Hbond substituents is 1. The van der Waals surface area contributed by atoms with E-state index in [0.29, 0.717) is 11.7 Å². The molecule has 0 atom stereocenters. The van der Waals surface area contributed by atoms with E-state index >= 15 is 0 Å². The van der Waals surface area contributed by atoms with Gasteiger partial charge < -0.3 is 15.2 Å². The molecule has 0 saturated heterocycles. The number of thiocarbonyl (C=S) groups is 1. The maximum atomic E-state index is 10.8. The molecule has 21 heavy (non-hydrogen) atoms. The Morgan fingerprint density at radius 1 is 1.67 bits per heavy atom. The van der Waals surface area contributed by atoms with Crippen LogP contribution in [0.4, 0.5) is 5.69 Å². The van der Waals surface area contributed by atoms with Gasteiger partial charge >= 0.3 is 0 Å². The summed E-state index contributed by atoms with van der Waals surface area (Å²) in [5.74, 6) is -0.216. The Labute approximate surface area is 126 Å². The smallest absolute Gasteiger partial charge is 0.274 e. The maximum Gasteiger partial charge on any atom is 0.274 e. The minimum Gasteiger partial charge on any atom is -0.504 e. The second-order valence-electron chi connectivity index (χ2n) is 3.76. The molecular weight excluding hydrogens is 296 g/mol. The Kier molecular flexibility index (Phi) is 6.08. The molecule has 0 bridgehead atoms. The highest BCUT2D eigenvalue weighted by Gasteiger charge is 2.17. The van der Waals surface area contributed by atoms with Crippen LogP contribution >= 0.6 is 12.2 Å². The number of hydrogen-bond donors (Lipinski definition) is 4. The van der Waals surface area contributed by atoms with Crippen LogP contribution in [-0.4, -0.2) is 35.0 Å². The zero-order valence-corrected chi connectivity index (χ0v) is 12.1. The predicted molar refractivity (Wildman–Crippen MR) is 81.4 cm³/mol. The minimum atomic E-state index is -0.580. The molecular formula is C12H15N4O4S+. The third-order valence-corrected chi connectivity index (χ3v) is 2.59. The van der Waals surface area contributed by atoms with Crippen LogP contribution in [0, 0.1) is 10.1 Å². The highest BCUT2D eigenvalue weighted by molar-refractivity contribution is 7.80. The van der Waals surface area contributed by atoms with E-state index in [1.54, 1.807) is 6.08 Å². The Morgan fingerprint density at radius 3 is 2.95 bits per heavy atom. The Hall–Kier alpha value is -2.68. The number of phenols is 1. The maximum absolute atomic E-state index is 10.8. The van der Waals surface area contributed by atoms with Crippen molar-refractivity contribution in [2.45, 2.75) is 0 Å². The lowest BCUT2D eigenvalue weighted by Crippen LogP contribution is -2.82. The lowest BCUT2D eigenvalue weighted by Gasteiger charge is -2.04. The van der Waals surface area contributed by atoms with Gasteiger partial charge in [0, 0.05) is 12.6 Å². The van der Waals surface area contributed by atoms with Crippen LogP contribution in [0.1, 0.15) is 5.56 Å². The van der Waals surface area contributed by atoms with Gasteiger partial charge in [-0.2, -0.15) is 0 Å². The zero-order chi connectivity index (χ0) is 15.8. The summed E-state index contributed by atoms with van der Waals surface area (Å²) in [7, 11) is 1.31. The molecule has 0 fully saturated rings. The van der Waals surface area contributed by atoms with Crippen molar-refractivity contribution in [2.75, 3.05) is 13.7 Å². The number of nitrogens with one attached hydrogen (secondary N) is 3. The van der Waals surface area contributed by atoms with E-state index in [9.17, 15) is 15.2 Å². The number of hydrazine groups is 1. The summed E-state index contributed by atoms with van der Waals surface area (Å²) in [5.41, 5.74) is 2.60. The van der Waals surface area contributed by atoms with E-state index in [1.807, 2.05) is 0 Å². The number of hydrogen-bond acceptors (Lipinski definition) is 5. The van der Waals surface area contributed by atoms with Crippen LogP contribution in [-0.2, 0) is 0 Å². The second kappa shape index (κ2) is 7.80. The summed E-state index contributed by atoms with van der Waals surface area (Å²) in [5, 5.41) is 26.4. The van der Waals surface area contributed by atoms with Crippen molar-refractivity contribution < 1.29 is 19.9 Å². The normalized spacial score (nSPS) is 10.1. The molecule has 1 aromatic rings. The number of nitro groups is 1. The number of ether oxygens (including phenoxy) is 1. The summed E-state index contributed by atoms with van der Waals surface area (Å²) in [4.78, 5) is 10.2. The van der Waals surface area contributed by atoms with Gasteiger partial charge in [0.25, 0.3) is 5.69 Å². The number of benzene rings is 1. The highest BCUT2D eigenvalue weighted by atomic mass is 32.1. The molecule has 0 amide bonds. The van der Waals surface area contributed by atoms with E-state index in [-0.39, 0.29) is 22.7 Å². The van der Waals surface area contributed by atoms with Crippen LogP contribution in [0.15, 0.2) is 24.8 Å². The molecule has 112 valence electrons. The molecule has 0 aliphatic carbocycles. The van der Waals surface area contributed by atoms with E-state index in [0.717, 1.165) is 6.07 Å². The number of non-ortho nitro benzene ring substituents is 1. The number of rotatable bonds is 6. The van der Waals surface area contributed by atoms with Crippen molar-refractivity contribution in [1.29, 1.82) is 0 Å². The minimum absolute atomic E-state index is 0.00427. The molecule has 9 heteroatoms. The topological polar surface area (TPSA) is 111 Å². The number of nitrogens with zero attached hydrogens (tertiary/aromatic N) is 1. The Morgan fingerprint density at radius 2 is 2.38 bits per heavy atom. The third kappa shape index (κ3) is 4.73. The van der Waals surface area contributed by atoms with E-state index < -0.39 is 4.92 Å². The SMILES string of the molecule is C=CCNC(=S)N/[NH+]=C/c1cc([N+](=O)[O-])cc(OC)c1O. The van der Waals surface area contributed by atoms with Crippen molar-refractivity contribution in [3.63, 3.8) is 0 Å². The molecule has 1 rings (SSSR count). The molecule has 0 aliphatic heterocycles. The fraction of sp³-hybridized carbons (Fsp3) is 0.167. The van der Waals surface area contributed by atoms with Crippen LogP contribution in [0.2, 0.25) is 0 Å².